The summed E-state index contributed by atoms with van der Waals surface area (Å²) in [4.78, 5) is 78.8. The molecule has 0 spiro atoms. The third-order valence-corrected chi connectivity index (χ3v) is 10.8. The Labute approximate surface area is 389 Å². The predicted octanol–water partition coefficient (Wildman–Crippen LogP) is 11.5. The second-order valence-electron chi connectivity index (χ2n) is 14.2. The van der Waals surface area contributed by atoms with Crippen LogP contribution < -0.4 is 21.3 Å². The molecule has 330 valence electrons. The Morgan fingerprint density at radius 1 is 0.531 bits per heavy atom. The van der Waals surface area contributed by atoms with E-state index in [0.717, 1.165) is 11.1 Å². The van der Waals surface area contributed by atoms with Gasteiger partial charge in [-0.15, -0.1) is 23.2 Å². The Kier molecular flexibility index (Phi) is 17.4. The molecule has 0 fully saturated rings. The van der Waals surface area contributed by atoms with Crippen molar-refractivity contribution < 1.29 is 28.8 Å². The van der Waals surface area contributed by atoms with Crippen molar-refractivity contribution in [3.8, 4) is 0 Å². The molecule has 0 saturated carbocycles. The number of benzene rings is 5. The van der Waals surface area contributed by atoms with Gasteiger partial charge in [-0.1, -0.05) is 61.3 Å². The Balaban J connectivity index is 1.30. The van der Waals surface area contributed by atoms with E-state index in [9.17, 15) is 28.8 Å². The van der Waals surface area contributed by atoms with E-state index in [4.69, 9.17) is 46.4 Å². The smallest absolute Gasteiger partial charge is 0.258 e. The van der Waals surface area contributed by atoms with Crippen LogP contribution in [0.5, 0.6) is 0 Å². The molecule has 0 radical (unpaired) electrons. The summed E-state index contributed by atoms with van der Waals surface area (Å²) in [6, 6.07) is 22.9. The first-order valence-electron chi connectivity index (χ1n) is 19.8. The van der Waals surface area contributed by atoms with Gasteiger partial charge >= 0.3 is 0 Å². The number of rotatable bonds is 18. The van der Waals surface area contributed by atoms with Crippen LogP contribution in [0.15, 0.2) is 118 Å². The standard InChI is InChI=1S/C46H42Cl4N8O6/c1-5-29-19-38(54-46(64)42(26(4)60)58-56-40-22-32(14-16-36(40)50)44(62)52-34-12-8-10-28(18-34)24-48)30(6-2)20-37(29)53-45(63)41(25(3)59)57-55-39-21-31(13-15-35(39)49)43(61)51-33-11-7-9-27(17-33)23-47/h7-22,41-42H,5-6,23-24H2,1-4H3,(H,51,61)(H,52,62)(H,53,63)(H,54,64). The van der Waals surface area contributed by atoms with Crippen molar-refractivity contribution in [2.45, 2.75) is 64.4 Å². The van der Waals surface area contributed by atoms with Crippen LogP contribution in [-0.4, -0.2) is 47.3 Å². The van der Waals surface area contributed by atoms with Gasteiger partial charge in [0.05, 0.1) is 10.0 Å². The zero-order valence-electron chi connectivity index (χ0n) is 35.0. The zero-order valence-corrected chi connectivity index (χ0v) is 38.0. The molecule has 14 nitrogen and oxygen atoms in total. The van der Waals surface area contributed by atoms with Gasteiger partial charge in [0.2, 0.25) is 12.1 Å². The average Bonchev–Trinajstić information content (AvgIpc) is 3.27. The number of ketones is 2. The molecule has 5 aromatic carbocycles. The Hall–Kier alpha value is -6.32. The van der Waals surface area contributed by atoms with Gasteiger partial charge in [0.15, 0.2) is 11.6 Å². The molecular weight excluding hydrogens is 902 g/mol. The number of amides is 4. The lowest BCUT2D eigenvalue weighted by Gasteiger charge is -2.18. The largest absolute Gasteiger partial charge is 0.323 e. The number of halogens is 4. The van der Waals surface area contributed by atoms with Gasteiger partial charge in [0.25, 0.3) is 23.6 Å². The Bertz CT molecular complexity index is 2490. The lowest BCUT2D eigenvalue weighted by atomic mass is 10.0. The summed E-state index contributed by atoms with van der Waals surface area (Å²) in [7, 11) is 0. The van der Waals surface area contributed by atoms with Gasteiger partial charge in [-0.05, 0) is 122 Å². The van der Waals surface area contributed by atoms with Gasteiger partial charge in [-0.25, -0.2) is 0 Å². The van der Waals surface area contributed by atoms with E-state index >= 15 is 0 Å². The Morgan fingerprint density at radius 3 is 1.27 bits per heavy atom. The van der Waals surface area contributed by atoms with Crippen molar-refractivity contribution >= 4 is 116 Å². The van der Waals surface area contributed by atoms with E-state index in [0.29, 0.717) is 46.7 Å². The minimum Gasteiger partial charge on any atom is -0.323 e. The lowest BCUT2D eigenvalue weighted by Crippen LogP contribution is -2.33. The molecule has 64 heavy (non-hydrogen) atoms. The summed E-state index contributed by atoms with van der Waals surface area (Å²) in [5.41, 5.74) is 5.07. The maximum atomic E-state index is 13.6. The van der Waals surface area contributed by atoms with E-state index in [2.05, 4.69) is 41.7 Å². The molecule has 0 saturated heterocycles. The van der Waals surface area contributed by atoms with Crippen molar-refractivity contribution in [1.29, 1.82) is 0 Å². The molecule has 0 bridgehead atoms. The number of carbonyl (C=O) groups is 6. The molecule has 0 aromatic heterocycles. The fourth-order valence-electron chi connectivity index (χ4n) is 6.12. The first-order valence-corrected chi connectivity index (χ1v) is 21.6. The van der Waals surface area contributed by atoms with Crippen LogP contribution in [0.25, 0.3) is 0 Å². The molecule has 2 unspecified atom stereocenters. The van der Waals surface area contributed by atoms with Gasteiger partial charge in [-0.2, -0.15) is 20.5 Å². The van der Waals surface area contributed by atoms with Gasteiger partial charge in [0.1, 0.15) is 11.4 Å². The van der Waals surface area contributed by atoms with Crippen molar-refractivity contribution in [2.75, 3.05) is 21.3 Å². The molecule has 0 aliphatic rings. The molecule has 5 rings (SSSR count). The van der Waals surface area contributed by atoms with E-state index in [-0.39, 0.29) is 44.3 Å². The number of Topliss-reactive ketones (excluding diaryl/α,β-unsaturated/α-hetero) is 2. The van der Waals surface area contributed by atoms with Gasteiger partial charge < -0.3 is 21.3 Å². The van der Waals surface area contributed by atoms with Crippen LogP contribution in [0.2, 0.25) is 10.0 Å². The van der Waals surface area contributed by atoms with Crippen molar-refractivity contribution in [1.82, 2.24) is 0 Å². The van der Waals surface area contributed by atoms with Crippen molar-refractivity contribution in [3.63, 3.8) is 0 Å². The van der Waals surface area contributed by atoms with E-state index in [1.807, 2.05) is 26.0 Å². The first kappa shape index (κ1) is 48.7. The molecule has 18 heteroatoms. The minimum atomic E-state index is -1.58. The minimum absolute atomic E-state index is 0.0542. The molecule has 0 aliphatic heterocycles. The summed E-state index contributed by atoms with van der Waals surface area (Å²) in [5, 5.41) is 27.6. The second-order valence-corrected chi connectivity index (χ2v) is 15.6. The topological polar surface area (TPSA) is 200 Å². The normalized spacial score (nSPS) is 12.1. The number of carbonyl (C=O) groups excluding carboxylic acids is 6. The molecule has 2 atom stereocenters. The maximum Gasteiger partial charge on any atom is 0.258 e. The molecule has 5 aromatic rings. The second kappa shape index (κ2) is 22.9. The van der Waals surface area contributed by atoms with Crippen molar-refractivity contribution in [2.24, 2.45) is 20.5 Å². The highest BCUT2D eigenvalue weighted by atomic mass is 35.5. The summed E-state index contributed by atoms with van der Waals surface area (Å²) in [6.45, 7) is 6.03. The van der Waals surface area contributed by atoms with Crippen LogP contribution in [-0.2, 0) is 43.8 Å². The number of anilines is 4. The summed E-state index contributed by atoms with van der Waals surface area (Å²) in [5.74, 6) is -3.17. The SMILES string of the molecule is CCc1cc(NC(=O)C(N=Nc2cc(C(=O)Nc3cccc(CCl)c3)ccc2Cl)C(C)=O)c(CC)cc1NC(=O)C(N=Nc1cc(C(=O)Nc2cccc(CCl)c2)ccc1Cl)C(C)=O. The van der Waals surface area contributed by atoms with Crippen LogP contribution in [0, 0.1) is 0 Å². The highest BCUT2D eigenvalue weighted by molar-refractivity contribution is 6.33. The third-order valence-electron chi connectivity index (χ3n) is 9.53. The zero-order chi connectivity index (χ0) is 46.5. The Morgan fingerprint density at radius 2 is 0.922 bits per heavy atom. The molecular formula is C46H42Cl4N8O6. The third kappa shape index (κ3) is 12.9. The van der Waals surface area contributed by atoms with Crippen LogP contribution >= 0.6 is 46.4 Å². The monoisotopic (exact) mass is 942 g/mol. The van der Waals surface area contributed by atoms with Gasteiger partial charge in [0, 0.05) is 45.6 Å². The van der Waals surface area contributed by atoms with Gasteiger partial charge in [-0.3, -0.25) is 28.8 Å². The number of hydrogen-bond donors (Lipinski definition) is 4. The highest BCUT2D eigenvalue weighted by Crippen LogP contribution is 2.31. The molecule has 0 aliphatic carbocycles. The molecule has 0 heterocycles. The first-order chi connectivity index (χ1) is 30.6. The van der Waals surface area contributed by atoms with E-state index in [1.54, 1.807) is 48.5 Å². The quantitative estimate of drug-likeness (QED) is 0.0382. The molecule has 4 amide bonds. The summed E-state index contributed by atoms with van der Waals surface area (Å²) in [6.07, 6.45) is 0.761. The van der Waals surface area contributed by atoms with E-state index in [1.165, 1.54) is 50.2 Å². The predicted molar refractivity (Wildman–Crippen MR) is 251 cm³/mol. The summed E-state index contributed by atoms with van der Waals surface area (Å²) >= 11 is 24.6. The average molecular weight is 945 g/mol. The number of nitrogens with one attached hydrogen (secondary N) is 4. The number of azo groups is 2. The van der Waals surface area contributed by atoms with E-state index < -0.39 is 47.3 Å². The summed E-state index contributed by atoms with van der Waals surface area (Å²) < 4.78 is 0. The number of hydrogen-bond acceptors (Lipinski definition) is 10. The highest BCUT2D eigenvalue weighted by Gasteiger charge is 2.27. The van der Waals surface area contributed by atoms with Crippen LogP contribution in [0.3, 0.4) is 0 Å². The van der Waals surface area contributed by atoms with Crippen molar-refractivity contribution in [3.05, 3.63) is 140 Å². The maximum absolute atomic E-state index is 13.6. The number of aryl methyl sites for hydroxylation is 2. The molecule has 4 N–H and O–H groups in total. The number of nitrogens with zero attached hydrogens (tertiary/aromatic N) is 4. The number of alkyl halides is 2. The van der Waals surface area contributed by atoms with Crippen LogP contribution in [0.1, 0.15) is 70.7 Å². The van der Waals surface area contributed by atoms with Crippen LogP contribution in [0.4, 0.5) is 34.1 Å². The lowest BCUT2D eigenvalue weighted by molar-refractivity contribution is -0.127. The fourth-order valence-corrected chi connectivity index (χ4v) is 6.76. The fraction of sp³-hybridized carbons (Fsp3) is 0.217.